The van der Waals surface area contributed by atoms with Gasteiger partial charge < -0.3 is 9.15 Å². The van der Waals surface area contributed by atoms with Gasteiger partial charge in [-0.15, -0.1) is 10.2 Å². The van der Waals surface area contributed by atoms with E-state index in [0.29, 0.717) is 10.9 Å². The van der Waals surface area contributed by atoms with E-state index < -0.39 is 0 Å². The number of nitrogens with one attached hydrogen (secondary N) is 1. The second kappa shape index (κ2) is 6.62. The molecule has 6 nitrogen and oxygen atoms in total. The molecular weight excluding hydrogens is 314 g/mol. The minimum absolute atomic E-state index is 0.276. The average Bonchev–Trinajstić information content (AvgIpc) is 3.18. The van der Waals surface area contributed by atoms with Crippen LogP contribution in [-0.2, 0) is 11.2 Å². The van der Waals surface area contributed by atoms with Crippen LogP contribution in [-0.4, -0.2) is 23.2 Å². The van der Waals surface area contributed by atoms with Crippen molar-refractivity contribution in [3.63, 3.8) is 0 Å². The summed E-state index contributed by atoms with van der Waals surface area (Å²) in [4.78, 5) is 11.9. The predicted molar refractivity (Wildman–Crippen MR) is 89.7 cm³/mol. The molecule has 1 aromatic carbocycles. The normalized spacial score (nSPS) is 11.2. The first-order valence-corrected chi connectivity index (χ1v) is 7.88. The molecule has 0 saturated carbocycles. The monoisotopic (exact) mass is 329 g/mol. The van der Waals surface area contributed by atoms with Crippen molar-refractivity contribution in [1.29, 1.82) is 0 Å². The molecule has 0 saturated heterocycles. The largest absolute Gasteiger partial charge is 0.497 e. The van der Waals surface area contributed by atoms with E-state index in [1.807, 2.05) is 31.2 Å². The molecule has 1 N–H and O–H groups in total. The van der Waals surface area contributed by atoms with Crippen LogP contribution in [0.5, 0.6) is 5.75 Å². The molecule has 0 spiro atoms. The van der Waals surface area contributed by atoms with Gasteiger partial charge in [-0.05, 0) is 36.8 Å². The minimum atomic E-state index is -0.276. The molecule has 0 radical (unpaired) electrons. The lowest BCUT2D eigenvalue weighted by atomic mass is 10.2. The number of aromatic nitrogens is 2. The summed E-state index contributed by atoms with van der Waals surface area (Å²) < 4.78 is 10.8. The lowest BCUT2D eigenvalue weighted by molar-refractivity contribution is -0.111. The van der Waals surface area contributed by atoms with Crippen molar-refractivity contribution in [3.05, 3.63) is 41.1 Å². The van der Waals surface area contributed by atoms with Gasteiger partial charge in [0.1, 0.15) is 22.1 Å². The van der Waals surface area contributed by atoms with Crippen molar-refractivity contribution in [1.82, 2.24) is 10.2 Å². The van der Waals surface area contributed by atoms with E-state index in [9.17, 15) is 4.79 Å². The first-order chi connectivity index (χ1) is 11.2. The molecule has 23 heavy (non-hydrogen) atoms. The Morgan fingerprint density at radius 1 is 1.39 bits per heavy atom. The van der Waals surface area contributed by atoms with Gasteiger partial charge in [0, 0.05) is 11.5 Å². The number of ether oxygens (including phenoxy) is 1. The fourth-order valence-corrected chi connectivity index (χ4v) is 2.69. The van der Waals surface area contributed by atoms with Crippen molar-refractivity contribution in [2.45, 2.75) is 13.3 Å². The van der Waals surface area contributed by atoms with Crippen LogP contribution in [0, 0.1) is 0 Å². The quantitative estimate of drug-likeness (QED) is 0.725. The maximum Gasteiger partial charge on any atom is 0.250 e. The van der Waals surface area contributed by atoms with Crippen molar-refractivity contribution in [2.75, 3.05) is 12.4 Å². The zero-order valence-electron chi connectivity index (χ0n) is 12.7. The van der Waals surface area contributed by atoms with Crippen LogP contribution >= 0.6 is 11.3 Å². The van der Waals surface area contributed by atoms with Crippen LogP contribution in [0.25, 0.3) is 17.0 Å². The van der Waals surface area contributed by atoms with E-state index in [1.54, 1.807) is 13.2 Å². The number of methoxy groups -OCH3 is 1. The standard InChI is InChI=1S/C16H15N3O3S/c1-3-15-18-19-16(23-15)17-14(20)7-5-12-9-10-8-11(21-2)4-6-13(10)22-12/h4-9H,3H2,1-2H3,(H,17,19,20)/b7-5+. The molecular formula is C16H15N3O3S. The number of fused-ring (bicyclic) bond motifs is 1. The third-order valence-corrected chi connectivity index (χ3v) is 4.12. The van der Waals surface area contributed by atoms with Crippen LogP contribution in [0.4, 0.5) is 5.13 Å². The Labute approximate surface area is 136 Å². The van der Waals surface area contributed by atoms with Gasteiger partial charge in [-0.3, -0.25) is 10.1 Å². The SMILES string of the molecule is CCc1nnc(NC(=O)/C=C/c2cc3cc(OC)ccc3o2)s1. The Balaban J connectivity index is 1.70. The van der Waals surface area contributed by atoms with Gasteiger partial charge in [0.2, 0.25) is 11.0 Å². The number of carbonyl (C=O) groups excluding carboxylic acids is 1. The molecule has 0 bridgehead atoms. The number of benzene rings is 1. The predicted octanol–water partition coefficient (Wildman–Crippen LogP) is 3.51. The Morgan fingerprint density at radius 2 is 2.26 bits per heavy atom. The molecule has 1 amide bonds. The summed E-state index contributed by atoms with van der Waals surface area (Å²) in [5, 5.41) is 12.8. The van der Waals surface area contributed by atoms with Crippen molar-refractivity contribution >= 4 is 39.4 Å². The average molecular weight is 329 g/mol. The van der Waals surface area contributed by atoms with Gasteiger partial charge in [-0.2, -0.15) is 0 Å². The molecule has 0 unspecified atom stereocenters. The summed E-state index contributed by atoms with van der Waals surface area (Å²) in [6, 6.07) is 7.39. The number of carbonyl (C=O) groups is 1. The maximum absolute atomic E-state index is 11.9. The molecule has 7 heteroatoms. The summed E-state index contributed by atoms with van der Waals surface area (Å²) in [7, 11) is 1.61. The van der Waals surface area contributed by atoms with E-state index in [2.05, 4.69) is 15.5 Å². The zero-order chi connectivity index (χ0) is 16.2. The first kappa shape index (κ1) is 15.2. The van der Waals surface area contributed by atoms with Crippen LogP contribution in [0.2, 0.25) is 0 Å². The lowest BCUT2D eigenvalue weighted by Gasteiger charge is -1.96. The maximum atomic E-state index is 11.9. The van der Waals surface area contributed by atoms with Gasteiger partial charge in [0.05, 0.1) is 7.11 Å². The molecule has 0 aliphatic heterocycles. The highest BCUT2D eigenvalue weighted by atomic mass is 32.1. The number of rotatable bonds is 5. The number of anilines is 1. The van der Waals surface area contributed by atoms with Gasteiger partial charge >= 0.3 is 0 Å². The zero-order valence-corrected chi connectivity index (χ0v) is 13.5. The summed E-state index contributed by atoms with van der Waals surface area (Å²) in [6.07, 6.45) is 3.82. The topological polar surface area (TPSA) is 77.2 Å². The lowest BCUT2D eigenvalue weighted by Crippen LogP contribution is -2.07. The highest BCUT2D eigenvalue weighted by Gasteiger charge is 2.06. The van der Waals surface area contributed by atoms with E-state index in [1.165, 1.54) is 17.4 Å². The van der Waals surface area contributed by atoms with Crippen molar-refractivity contribution in [3.8, 4) is 5.75 Å². The molecule has 118 valence electrons. The third-order valence-electron chi connectivity index (χ3n) is 3.14. The summed E-state index contributed by atoms with van der Waals surface area (Å²) in [6.45, 7) is 1.99. The van der Waals surface area contributed by atoms with Crippen molar-refractivity contribution < 1.29 is 13.9 Å². The number of hydrogen-bond donors (Lipinski definition) is 1. The van der Waals surface area contributed by atoms with Gasteiger partial charge in [-0.1, -0.05) is 18.3 Å². The minimum Gasteiger partial charge on any atom is -0.497 e. The molecule has 3 aromatic rings. The van der Waals surface area contributed by atoms with Gasteiger partial charge in [-0.25, -0.2) is 0 Å². The van der Waals surface area contributed by atoms with Gasteiger partial charge in [0.25, 0.3) is 0 Å². The Morgan fingerprint density at radius 3 is 3.00 bits per heavy atom. The second-order valence-electron chi connectivity index (χ2n) is 4.73. The number of aryl methyl sites for hydroxylation is 1. The van der Waals surface area contributed by atoms with Crippen LogP contribution in [0.3, 0.4) is 0 Å². The van der Waals surface area contributed by atoms with Gasteiger partial charge in [0.15, 0.2) is 0 Å². The molecule has 2 heterocycles. The number of amides is 1. The molecule has 2 aromatic heterocycles. The Kier molecular flexibility index (Phi) is 4.38. The molecule has 0 aliphatic rings. The van der Waals surface area contributed by atoms with E-state index in [4.69, 9.17) is 9.15 Å². The summed E-state index contributed by atoms with van der Waals surface area (Å²) in [5.74, 6) is 1.08. The number of nitrogens with zero attached hydrogens (tertiary/aromatic N) is 2. The van der Waals surface area contributed by atoms with Crippen LogP contribution in [0.1, 0.15) is 17.7 Å². The molecule has 0 fully saturated rings. The number of hydrogen-bond acceptors (Lipinski definition) is 6. The molecule has 0 atom stereocenters. The first-order valence-electron chi connectivity index (χ1n) is 7.07. The van der Waals surface area contributed by atoms with Crippen molar-refractivity contribution in [2.24, 2.45) is 0 Å². The number of furan rings is 1. The highest BCUT2D eigenvalue weighted by molar-refractivity contribution is 7.15. The van der Waals surface area contributed by atoms with E-state index >= 15 is 0 Å². The molecule has 3 rings (SSSR count). The Hall–Kier alpha value is -2.67. The summed E-state index contributed by atoms with van der Waals surface area (Å²) in [5.41, 5.74) is 0.738. The van der Waals surface area contributed by atoms with Crippen LogP contribution in [0.15, 0.2) is 34.8 Å². The fourth-order valence-electron chi connectivity index (χ4n) is 2.00. The third kappa shape index (κ3) is 3.57. The Bertz CT molecular complexity index is 866. The summed E-state index contributed by atoms with van der Waals surface area (Å²) >= 11 is 1.37. The molecule has 0 aliphatic carbocycles. The fraction of sp³-hybridized carbons (Fsp3) is 0.188. The second-order valence-corrected chi connectivity index (χ2v) is 5.79. The van der Waals surface area contributed by atoms with Crippen LogP contribution < -0.4 is 10.1 Å². The smallest absolute Gasteiger partial charge is 0.250 e. The van der Waals surface area contributed by atoms with E-state index in [-0.39, 0.29) is 5.91 Å². The highest BCUT2D eigenvalue weighted by Crippen LogP contribution is 2.24. The van der Waals surface area contributed by atoms with E-state index in [0.717, 1.165) is 28.1 Å².